The Labute approximate surface area is 116 Å². The average Bonchev–Trinajstić information content (AvgIpc) is 2.27. The highest BCUT2D eigenvalue weighted by atomic mass is 32.2. The van der Waals surface area contributed by atoms with Crippen LogP contribution >= 0.6 is 24.0 Å². The number of thiocarbonyl (C=S) groups is 1. The zero-order valence-electron chi connectivity index (χ0n) is 10.3. The van der Waals surface area contributed by atoms with Gasteiger partial charge in [-0.1, -0.05) is 25.2 Å². The van der Waals surface area contributed by atoms with Crippen LogP contribution in [0.15, 0.2) is 23.1 Å². The Morgan fingerprint density at radius 1 is 1.50 bits per heavy atom. The first kappa shape index (κ1) is 15.2. The second kappa shape index (κ2) is 6.89. The van der Waals surface area contributed by atoms with E-state index in [-0.39, 0.29) is 11.5 Å². The van der Waals surface area contributed by atoms with Crippen LogP contribution in [0.3, 0.4) is 0 Å². The third-order valence-corrected chi connectivity index (χ3v) is 3.52. The van der Waals surface area contributed by atoms with Crippen molar-refractivity contribution in [2.45, 2.75) is 18.2 Å². The predicted octanol–water partition coefficient (Wildman–Crippen LogP) is 3.13. The minimum absolute atomic E-state index is 0.239. The maximum atomic E-state index is 12.4. The number of nitrogens with zero attached hydrogens (tertiary/aromatic N) is 1. The molecule has 0 aromatic heterocycles. The fourth-order valence-electron chi connectivity index (χ4n) is 1.67. The third-order valence-electron chi connectivity index (χ3n) is 2.37. The van der Waals surface area contributed by atoms with E-state index in [2.05, 4.69) is 0 Å². The first-order chi connectivity index (χ1) is 8.47. The van der Waals surface area contributed by atoms with Crippen molar-refractivity contribution in [3.05, 3.63) is 23.8 Å². The van der Waals surface area contributed by atoms with Crippen molar-refractivity contribution in [1.29, 1.82) is 0 Å². The summed E-state index contributed by atoms with van der Waals surface area (Å²) in [4.78, 5) is 2.66. The molecule has 0 atom stereocenters. The monoisotopic (exact) mass is 290 g/mol. The lowest BCUT2D eigenvalue weighted by molar-refractivity contribution is 0.156. The van der Waals surface area contributed by atoms with E-state index in [0.717, 1.165) is 10.6 Å². The highest BCUT2D eigenvalue weighted by molar-refractivity contribution is 7.99. The van der Waals surface area contributed by atoms with E-state index in [1.165, 1.54) is 4.90 Å². The SMILES string of the molecule is CCSc1cccc(N(C)CC(F)F)c1C(N)=S. The number of benzene rings is 1. The molecule has 0 fully saturated rings. The predicted molar refractivity (Wildman–Crippen MR) is 78.0 cm³/mol. The second-order valence-electron chi connectivity index (χ2n) is 3.72. The summed E-state index contributed by atoms with van der Waals surface area (Å²) in [6.07, 6.45) is -2.39. The highest BCUT2D eigenvalue weighted by Crippen LogP contribution is 2.30. The quantitative estimate of drug-likeness (QED) is 0.644. The Kier molecular flexibility index (Phi) is 5.81. The molecule has 0 saturated carbocycles. The largest absolute Gasteiger partial charge is 0.389 e. The van der Waals surface area contributed by atoms with E-state index in [1.54, 1.807) is 24.9 Å². The van der Waals surface area contributed by atoms with Gasteiger partial charge >= 0.3 is 0 Å². The number of nitrogens with two attached hydrogens (primary N) is 1. The Morgan fingerprint density at radius 3 is 2.67 bits per heavy atom. The summed E-state index contributed by atoms with van der Waals surface area (Å²) >= 11 is 6.63. The molecule has 0 aliphatic rings. The van der Waals surface area contributed by atoms with Crippen LogP contribution in [-0.4, -0.2) is 30.8 Å². The molecule has 0 radical (unpaired) electrons. The number of hydrogen-bond acceptors (Lipinski definition) is 3. The topological polar surface area (TPSA) is 29.3 Å². The van der Waals surface area contributed by atoms with Gasteiger partial charge in [-0.15, -0.1) is 11.8 Å². The lowest BCUT2D eigenvalue weighted by Crippen LogP contribution is -2.27. The minimum atomic E-state index is -2.39. The van der Waals surface area contributed by atoms with Gasteiger partial charge in [-0.05, 0) is 17.9 Å². The Balaban J connectivity index is 3.17. The van der Waals surface area contributed by atoms with E-state index >= 15 is 0 Å². The van der Waals surface area contributed by atoms with Gasteiger partial charge in [0.2, 0.25) is 0 Å². The molecule has 0 aliphatic carbocycles. The second-order valence-corrected chi connectivity index (χ2v) is 5.46. The van der Waals surface area contributed by atoms with Gasteiger partial charge in [0.15, 0.2) is 0 Å². The van der Waals surface area contributed by atoms with Gasteiger partial charge in [0.1, 0.15) is 4.99 Å². The Hall–Kier alpha value is -0.880. The molecule has 0 heterocycles. The van der Waals surface area contributed by atoms with Gasteiger partial charge in [0, 0.05) is 23.2 Å². The van der Waals surface area contributed by atoms with Crippen LogP contribution in [0.1, 0.15) is 12.5 Å². The lowest BCUT2D eigenvalue weighted by atomic mass is 10.1. The molecule has 0 unspecified atom stereocenters. The standard InChI is InChI=1S/C12H16F2N2S2/c1-3-18-9-6-4-5-8(11(9)12(15)17)16(2)7-10(13)14/h4-6,10H,3,7H2,1-2H3,(H2,15,17). The molecule has 6 heteroatoms. The maximum absolute atomic E-state index is 12.4. The van der Waals surface area contributed by atoms with Gasteiger partial charge in [-0.3, -0.25) is 0 Å². The lowest BCUT2D eigenvalue weighted by Gasteiger charge is -2.23. The van der Waals surface area contributed by atoms with Gasteiger partial charge in [-0.25, -0.2) is 8.78 Å². The van der Waals surface area contributed by atoms with Crippen molar-refractivity contribution in [3.63, 3.8) is 0 Å². The Morgan fingerprint density at radius 2 is 2.17 bits per heavy atom. The Bertz CT molecular complexity index is 425. The molecule has 0 aliphatic heterocycles. The minimum Gasteiger partial charge on any atom is -0.389 e. The van der Waals surface area contributed by atoms with Crippen LogP contribution in [0.25, 0.3) is 0 Å². The van der Waals surface area contributed by atoms with E-state index in [0.29, 0.717) is 11.3 Å². The fraction of sp³-hybridized carbons (Fsp3) is 0.417. The van der Waals surface area contributed by atoms with E-state index in [1.807, 2.05) is 19.1 Å². The van der Waals surface area contributed by atoms with Crippen molar-refractivity contribution in [1.82, 2.24) is 0 Å². The van der Waals surface area contributed by atoms with Crippen molar-refractivity contribution < 1.29 is 8.78 Å². The third kappa shape index (κ3) is 3.81. The summed E-state index contributed by atoms with van der Waals surface area (Å²) in [6.45, 7) is 1.68. The molecule has 0 spiro atoms. The number of hydrogen-bond donors (Lipinski definition) is 1. The fourth-order valence-corrected chi connectivity index (χ4v) is 2.79. The van der Waals surface area contributed by atoms with Crippen molar-refractivity contribution in [2.75, 3.05) is 24.2 Å². The van der Waals surface area contributed by atoms with E-state index in [4.69, 9.17) is 18.0 Å². The summed E-state index contributed by atoms with van der Waals surface area (Å²) in [6, 6.07) is 5.50. The summed E-state index contributed by atoms with van der Waals surface area (Å²) < 4.78 is 24.9. The summed E-state index contributed by atoms with van der Waals surface area (Å²) in [5, 5.41) is 0. The van der Waals surface area contributed by atoms with Gasteiger partial charge < -0.3 is 10.6 Å². The van der Waals surface area contributed by atoms with Crippen LogP contribution < -0.4 is 10.6 Å². The van der Waals surface area contributed by atoms with Crippen molar-refractivity contribution in [3.8, 4) is 0 Å². The van der Waals surface area contributed by atoms with Crippen LogP contribution in [-0.2, 0) is 0 Å². The number of thioether (sulfide) groups is 1. The molecule has 100 valence electrons. The molecule has 0 amide bonds. The maximum Gasteiger partial charge on any atom is 0.255 e. The molecule has 0 bridgehead atoms. The average molecular weight is 290 g/mol. The molecule has 1 aromatic carbocycles. The molecule has 2 nitrogen and oxygen atoms in total. The number of rotatable bonds is 6. The highest BCUT2D eigenvalue weighted by Gasteiger charge is 2.16. The smallest absolute Gasteiger partial charge is 0.255 e. The molecule has 1 aromatic rings. The first-order valence-corrected chi connectivity index (χ1v) is 6.91. The zero-order chi connectivity index (χ0) is 13.7. The van der Waals surface area contributed by atoms with E-state index < -0.39 is 6.43 Å². The molecule has 1 rings (SSSR count). The first-order valence-electron chi connectivity index (χ1n) is 5.52. The van der Waals surface area contributed by atoms with Crippen LogP contribution in [0, 0.1) is 0 Å². The van der Waals surface area contributed by atoms with Crippen LogP contribution in [0.5, 0.6) is 0 Å². The van der Waals surface area contributed by atoms with Crippen molar-refractivity contribution >= 4 is 34.7 Å². The van der Waals surface area contributed by atoms with Gasteiger partial charge in [0.25, 0.3) is 6.43 Å². The number of alkyl halides is 2. The summed E-state index contributed by atoms with van der Waals surface area (Å²) in [5.41, 5.74) is 7.06. The molecular formula is C12H16F2N2S2. The summed E-state index contributed by atoms with van der Waals surface area (Å²) in [7, 11) is 1.61. The van der Waals surface area contributed by atoms with Gasteiger partial charge in [-0.2, -0.15) is 0 Å². The van der Waals surface area contributed by atoms with Crippen LogP contribution in [0.2, 0.25) is 0 Å². The number of halogens is 2. The zero-order valence-corrected chi connectivity index (χ0v) is 12.0. The number of anilines is 1. The summed E-state index contributed by atoms with van der Waals surface area (Å²) in [5.74, 6) is 0.873. The molecule has 2 N–H and O–H groups in total. The van der Waals surface area contributed by atoms with Gasteiger partial charge in [0.05, 0.1) is 6.54 Å². The molecule has 18 heavy (non-hydrogen) atoms. The van der Waals surface area contributed by atoms with Crippen LogP contribution in [0.4, 0.5) is 14.5 Å². The normalized spacial score (nSPS) is 10.7. The van der Waals surface area contributed by atoms with Crippen molar-refractivity contribution in [2.24, 2.45) is 5.73 Å². The van der Waals surface area contributed by atoms with E-state index in [9.17, 15) is 8.78 Å². The molecule has 0 saturated heterocycles. The molecular weight excluding hydrogens is 274 g/mol.